The van der Waals surface area contributed by atoms with E-state index in [9.17, 15) is 0 Å². The summed E-state index contributed by atoms with van der Waals surface area (Å²) in [7, 11) is 1.67. The molecule has 1 aliphatic rings. The number of benzene rings is 1. The lowest BCUT2D eigenvalue weighted by molar-refractivity contribution is 0.416. The number of para-hydroxylation sites is 1. The smallest absolute Gasteiger partial charge is 0.163 e. The van der Waals surface area contributed by atoms with Crippen molar-refractivity contribution in [1.82, 2.24) is 15.3 Å². The molecule has 1 aliphatic heterocycles. The van der Waals surface area contributed by atoms with Gasteiger partial charge < -0.3 is 10.1 Å². The molecule has 1 N–H and O–H groups in total. The summed E-state index contributed by atoms with van der Waals surface area (Å²) in [5, 5.41) is 3.32. The molecule has 0 aliphatic carbocycles. The van der Waals surface area contributed by atoms with Crippen LogP contribution in [0.3, 0.4) is 0 Å². The molecule has 0 bridgehead atoms. The Balaban J connectivity index is 2.06. The van der Waals surface area contributed by atoms with Crippen molar-refractivity contribution in [3.8, 4) is 17.1 Å². The van der Waals surface area contributed by atoms with Crippen LogP contribution < -0.4 is 10.1 Å². The fourth-order valence-electron chi connectivity index (χ4n) is 2.20. The Hall–Kier alpha value is -1.94. The van der Waals surface area contributed by atoms with Crippen molar-refractivity contribution in [2.75, 3.05) is 13.7 Å². The van der Waals surface area contributed by atoms with E-state index >= 15 is 0 Å². The number of aromatic nitrogens is 2. The highest BCUT2D eigenvalue weighted by Gasteiger charge is 2.14. The summed E-state index contributed by atoms with van der Waals surface area (Å²) in [6, 6.07) is 7.84. The number of nitrogens with zero attached hydrogens (tertiary/aromatic N) is 2. The lowest BCUT2D eigenvalue weighted by atomic mass is 10.1. The molecule has 2 heterocycles. The number of rotatable bonds is 2. The number of methoxy groups -OCH3 is 1. The molecular weight excluding hydrogens is 226 g/mol. The fraction of sp³-hybridized carbons (Fsp3) is 0.286. The third-order valence-electron chi connectivity index (χ3n) is 3.16. The van der Waals surface area contributed by atoms with E-state index < -0.39 is 0 Å². The third kappa shape index (κ3) is 1.95. The first kappa shape index (κ1) is 11.2. The Labute approximate surface area is 106 Å². The van der Waals surface area contributed by atoms with Gasteiger partial charge in [0.05, 0.1) is 18.4 Å². The van der Waals surface area contributed by atoms with Crippen LogP contribution in [-0.2, 0) is 13.0 Å². The van der Waals surface area contributed by atoms with E-state index in [1.165, 1.54) is 5.56 Å². The minimum atomic E-state index is 0.744. The van der Waals surface area contributed by atoms with Crippen molar-refractivity contribution in [2.45, 2.75) is 13.0 Å². The SMILES string of the molecule is COc1ccccc1-c1ncc2c(n1)CCNC2. The van der Waals surface area contributed by atoms with Crippen LogP contribution in [0, 0.1) is 0 Å². The molecule has 1 aromatic carbocycles. The van der Waals surface area contributed by atoms with Gasteiger partial charge in [-0.3, -0.25) is 0 Å². The van der Waals surface area contributed by atoms with E-state index in [0.717, 1.165) is 42.3 Å². The molecule has 2 aromatic rings. The zero-order valence-electron chi connectivity index (χ0n) is 10.3. The van der Waals surface area contributed by atoms with Gasteiger partial charge in [-0.05, 0) is 12.1 Å². The summed E-state index contributed by atoms with van der Waals surface area (Å²) in [4.78, 5) is 9.10. The predicted octanol–water partition coefficient (Wildman–Crippen LogP) is 1.80. The summed E-state index contributed by atoms with van der Waals surface area (Å²) < 4.78 is 5.35. The molecular formula is C14H15N3O. The Bertz CT molecular complexity index is 569. The van der Waals surface area contributed by atoms with Crippen molar-refractivity contribution >= 4 is 0 Å². The average molecular weight is 241 g/mol. The lowest BCUT2D eigenvalue weighted by Gasteiger charge is -2.16. The van der Waals surface area contributed by atoms with Crippen LogP contribution in [0.1, 0.15) is 11.3 Å². The summed E-state index contributed by atoms with van der Waals surface area (Å²) in [6.45, 7) is 1.84. The standard InChI is InChI=1S/C14H15N3O/c1-18-13-5-3-2-4-11(13)14-16-9-10-8-15-7-6-12(10)17-14/h2-5,9,15H,6-8H2,1H3. The third-order valence-corrected chi connectivity index (χ3v) is 3.16. The average Bonchev–Trinajstić information content (AvgIpc) is 2.46. The van der Waals surface area contributed by atoms with Crippen LogP contribution in [-0.4, -0.2) is 23.6 Å². The molecule has 0 amide bonds. The van der Waals surface area contributed by atoms with Gasteiger partial charge in [0.15, 0.2) is 5.82 Å². The maximum Gasteiger partial charge on any atom is 0.163 e. The summed E-state index contributed by atoms with van der Waals surface area (Å²) in [5.41, 5.74) is 3.28. The first-order valence-electron chi connectivity index (χ1n) is 6.07. The van der Waals surface area contributed by atoms with Crippen LogP contribution in [0.5, 0.6) is 5.75 Å². The first-order valence-corrected chi connectivity index (χ1v) is 6.07. The summed E-state index contributed by atoms with van der Waals surface area (Å²) in [6.07, 6.45) is 2.87. The molecule has 3 rings (SSSR count). The van der Waals surface area contributed by atoms with E-state index in [2.05, 4.69) is 15.3 Å². The topological polar surface area (TPSA) is 47.0 Å². The van der Waals surface area contributed by atoms with Gasteiger partial charge in [0.25, 0.3) is 0 Å². The molecule has 4 nitrogen and oxygen atoms in total. The van der Waals surface area contributed by atoms with Gasteiger partial charge in [0.2, 0.25) is 0 Å². The van der Waals surface area contributed by atoms with Crippen LogP contribution in [0.4, 0.5) is 0 Å². The lowest BCUT2D eigenvalue weighted by Crippen LogP contribution is -2.25. The minimum absolute atomic E-state index is 0.744. The van der Waals surface area contributed by atoms with E-state index in [1.54, 1.807) is 7.11 Å². The first-order chi connectivity index (χ1) is 8.88. The van der Waals surface area contributed by atoms with Gasteiger partial charge in [0.1, 0.15) is 5.75 Å². The molecule has 0 unspecified atom stereocenters. The highest BCUT2D eigenvalue weighted by atomic mass is 16.5. The highest BCUT2D eigenvalue weighted by Crippen LogP contribution is 2.27. The van der Waals surface area contributed by atoms with Crippen LogP contribution in [0.15, 0.2) is 30.5 Å². The molecule has 0 spiro atoms. The van der Waals surface area contributed by atoms with Crippen molar-refractivity contribution in [3.63, 3.8) is 0 Å². The molecule has 4 heteroatoms. The Morgan fingerprint density at radius 3 is 3.06 bits per heavy atom. The molecule has 0 fully saturated rings. The van der Waals surface area contributed by atoms with Crippen LogP contribution >= 0.6 is 0 Å². The van der Waals surface area contributed by atoms with Gasteiger partial charge in [-0.15, -0.1) is 0 Å². The van der Waals surface area contributed by atoms with E-state index in [4.69, 9.17) is 4.74 Å². The summed E-state index contributed by atoms with van der Waals surface area (Å²) in [5.74, 6) is 1.56. The monoisotopic (exact) mass is 241 g/mol. The van der Waals surface area contributed by atoms with Gasteiger partial charge in [-0.25, -0.2) is 9.97 Å². The zero-order valence-corrected chi connectivity index (χ0v) is 10.3. The Kier molecular flexibility index (Phi) is 2.94. The second-order valence-corrected chi connectivity index (χ2v) is 4.29. The summed E-state index contributed by atoms with van der Waals surface area (Å²) >= 11 is 0. The maximum atomic E-state index is 5.35. The second kappa shape index (κ2) is 4.74. The van der Waals surface area contributed by atoms with Crippen molar-refractivity contribution < 1.29 is 4.74 Å². The molecule has 0 radical (unpaired) electrons. The largest absolute Gasteiger partial charge is 0.496 e. The predicted molar refractivity (Wildman–Crippen MR) is 69.4 cm³/mol. The van der Waals surface area contributed by atoms with Gasteiger partial charge in [-0.1, -0.05) is 12.1 Å². The van der Waals surface area contributed by atoms with Gasteiger partial charge in [0, 0.05) is 31.3 Å². The molecule has 0 atom stereocenters. The van der Waals surface area contributed by atoms with Gasteiger partial charge in [-0.2, -0.15) is 0 Å². The number of fused-ring (bicyclic) bond motifs is 1. The second-order valence-electron chi connectivity index (χ2n) is 4.29. The maximum absolute atomic E-state index is 5.35. The van der Waals surface area contributed by atoms with E-state index in [-0.39, 0.29) is 0 Å². The van der Waals surface area contributed by atoms with E-state index in [0.29, 0.717) is 0 Å². The quantitative estimate of drug-likeness (QED) is 0.871. The van der Waals surface area contributed by atoms with Crippen molar-refractivity contribution in [3.05, 3.63) is 41.7 Å². The Morgan fingerprint density at radius 2 is 2.17 bits per heavy atom. The fourth-order valence-corrected chi connectivity index (χ4v) is 2.20. The Morgan fingerprint density at radius 1 is 1.28 bits per heavy atom. The number of ether oxygens (including phenoxy) is 1. The number of hydrogen-bond acceptors (Lipinski definition) is 4. The van der Waals surface area contributed by atoms with E-state index in [1.807, 2.05) is 30.5 Å². The van der Waals surface area contributed by atoms with Crippen LogP contribution in [0.2, 0.25) is 0 Å². The molecule has 1 aromatic heterocycles. The molecule has 18 heavy (non-hydrogen) atoms. The number of nitrogens with one attached hydrogen (secondary N) is 1. The zero-order chi connectivity index (χ0) is 12.4. The highest BCUT2D eigenvalue weighted by molar-refractivity contribution is 5.64. The number of hydrogen-bond donors (Lipinski definition) is 1. The minimum Gasteiger partial charge on any atom is -0.496 e. The van der Waals surface area contributed by atoms with Crippen molar-refractivity contribution in [2.24, 2.45) is 0 Å². The molecule has 0 saturated carbocycles. The van der Waals surface area contributed by atoms with Crippen molar-refractivity contribution in [1.29, 1.82) is 0 Å². The van der Waals surface area contributed by atoms with Gasteiger partial charge >= 0.3 is 0 Å². The molecule has 92 valence electrons. The normalized spacial score (nSPS) is 14.1. The van der Waals surface area contributed by atoms with Crippen LogP contribution in [0.25, 0.3) is 11.4 Å². The molecule has 0 saturated heterocycles.